The SMILES string of the molecule is Cc1cccc(NC(=O)CS(=O)CCCN)c1. The van der Waals surface area contributed by atoms with E-state index >= 15 is 0 Å². The highest BCUT2D eigenvalue weighted by Gasteiger charge is 2.07. The highest BCUT2D eigenvalue weighted by Crippen LogP contribution is 2.09. The van der Waals surface area contributed by atoms with Crippen LogP contribution in [0.3, 0.4) is 0 Å². The highest BCUT2D eigenvalue weighted by molar-refractivity contribution is 7.85. The largest absolute Gasteiger partial charge is 0.330 e. The van der Waals surface area contributed by atoms with Crippen LogP contribution in [0.5, 0.6) is 0 Å². The van der Waals surface area contributed by atoms with Crippen LogP contribution in [0.15, 0.2) is 24.3 Å². The molecule has 0 fully saturated rings. The van der Waals surface area contributed by atoms with Gasteiger partial charge in [0.25, 0.3) is 0 Å². The molecule has 0 saturated heterocycles. The maximum atomic E-state index is 11.6. The Labute approximate surface area is 104 Å². The number of anilines is 1. The van der Waals surface area contributed by atoms with Crippen LogP contribution < -0.4 is 11.1 Å². The molecule has 17 heavy (non-hydrogen) atoms. The van der Waals surface area contributed by atoms with E-state index in [0.717, 1.165) is 11.3 Å². The molecule has 0 heterocycles. The zero-order chi connectivity index (χ0) is 12.7. The van der Waals surface area contributed by atoms with Gasteiger partial charge in [-0.1, -0.05) is 12.1 Å². The van der Waals surface area contributed by atoms with Crippen LogP contribution in [0.2, 0.25) is 0 Å². The second-order valence-electron chi connectivity index (χ2n) is 3.85. The zero-order valence-electron chi connectivity index (χ0n) is 9.94. The van der Waals surface area contributed by atoms with Crippen molar-refractivity contribution in [1.82, 2.24) is 0 Å². The van der Waals surface area contributed by atoms with E-state index in [9.17, 15) is 9.00 Å². The van der Waals surface area contributed by atoms with E-state index in [-0.39, 0.29) is 11.7 Å². The maximum Gasteiger partial charge on any atom is 0.236 e. The molecule has 0 aliphatic carbocycles. The third kappa shape index (κ3) is 5.60. The molecule has 0 aliphatic rings. The van der Waals surface area contributed by atoms with Gasteiger partial charge in [0.15, 0.2) is 0 Å². The van der Waals surface area contributed by atoms with E-state index in [2.05, 4.69) is 5.32 Å². The van der Waals surface area contributed by atoms with Crippen molar-refractivity contribution in [3.8, 4) is 0 Å². The summed E-state index contributed by atoms with van der Waals surface area (Å²) in [6.07, 6.45) is 0.685. The van der Waals surface area contributed by atoms with Crippen molar-refractivity contribution in [2.24, 2.45) is 5.73 Å². The fourth-order valence-electron chi connectivity index (χ4n) is 1.38. The van der Waals surface area contributed by atoms with Crippen LogP contribution in [0, 0.1) is 6.92 Å². The normalized spacial score (nSPS) is 12.1. The van der Waals surface area contributed by atoms with Gasteiger partial charge in [0.2, 0.25) is 5.91 Å². The first-order chi connectivity index (χ1) is 8.11. The summed E-state index contributed by atoms with van der Waals surface area (Å²) in [4.78, 5) is 11.6. The summed E-state index contributed by atoms with van der Waals surface area (Å²) >= 11 is 0. The number of aryl methyl sites for hydroxylation is 1. The Morgan fingerprint density at radius 2 is 2.24 bits per heavy atom. The number of rotatable bonds is 6. The van der Waals surface area contributed by atoms with Gasteiger partial charge < -0.3 is 11.1 Å². The summed E-state index contributed by atoms with van der Waals surface area (Å²) in [5, 5.41) is 2.73. The Morgan fingerprint density at radius 1 is 1.47 bits per heavy atom. The molecule has 0 saturated carbocycles. The van der Waals surface area contributed by atoms with Crippen molar-refractivity contribution in [2.75, 3.05) is 23.4 Å². The lowest BCUT2D eigenvalue weighted by Crippen LogP contribution is -2.21. The maximum absolute atomic E-state index is 11.6. The second-order valence-corrected chi connectivity index (χ2v) is 5.42. The van der Waals surface area contributed by atoms with E-state index in [4.69, 9.17) is 5.73 Å². The van der Waals surface area contributed by atoms with Gasteiger partial charge in [-0.25, -0.2) is 0 Å². The summed E-state index contributed by atoms with van der Waals surface area (Å²) < 4.78 is 11.5. The van der Waals surface area contributed by atoms with Gasteiger partial charge in [-0.15, -0.1) is 0 Å². The molecule has 0 bridgehead atoms. The fourth-order valence-corrected chi connectivity index (χ4v) is 2.38. The molecule has 1 unspecified atom stereocenters. The predicted octanol–water partition coefficient (Wildman–Crippen LogP) is 1.03. The summed E-state index contributed by atoms with van der Waals surface area (Å²) in [5.74, 6) is 0.303. The van der Waals surface area contributed by atoms with E-state index in [1.54, 1.807) is 0 Å². The summed E-state index contributed by atoms with van der Waals surface area (Å²) in [6.45, 7) is 2.46. The van der Waals surface area contributed by atoms with Crippen LogP contribution in [0.4, 0.5) is 5.69 Å². The number of benzene rings is 1. The Bertz CT molecular complexity index is 407. The van der Waals surface area contributed by atoms with E-state index < -0.39 is 10.8 Å². The number of hydrogen-bond donors (Lipinski definition) is 2. The summed E-state index contributed by atoms with van der Waals surface area (Å²) in [7, 11) is -1.12. The van der Waals surface area contributed by atoms with Gasteiger partial charge in [-0.3, -0.25) is 9.00 Å². The van der Waals surface area contributed by atoms with Crippen LogP contribution in [0.25, 0.3) is 0 Å². The third-order valence-corrected chi connectivity index (χ3v) is 3.50. The Hall–Kier alpha value is -1.20. The van der Waals surface area contributed by atoms with Crippen LogP contribution in [-0.2, 0) is 15.6 Å². The molecule has 5 heteroatoms. The number of hydrogen-bond acceptors (Lipinski definition) is 3. The van der Waals surface area contributed by atoms with E-state index in [1.807, 2.05) is 31.2 Å². The van der Waals surface area contributed by atoms with Gasteiger partial charge in [-0.2, -0.15) is 0 Å². The molecule has 0 aliphatic heterocycles. The van der Waals surface area contributed by atoms with Crippen molar-refractivity contribution < 1.29 is 9.00 Å². The Morgan fingerprint density at radius 3 is 2.88 bits per heavy atom. The van der Waals surface area contributed by atoms with Gasteiger partial charge in [-0.05, 0) is 37.6 Å². The molecular weight excluding hydrogens is 236 g/mol. The molecule has 0 radical (unpaired) electrons. The van der Waals surface area contributed by atoms with Crippen molar-refractivity contribution in [2.45, 2.75) is 13.3 Å². The Kier molecular flexibility index (Phi) is 5.86. The lowest BCUT2D eigenvalue weighted by atomic mass is 10.2. The average molecular weight is 254 g/mol. The predicted molar refractivity (Wildman–Crippen MR) is 71.4 cm³/mol. The van der Waals surface area contributed by atoms with Gasteiger partial charge in [0.1, 0.15) is 5.75 Å². The van der Waals surface area contributed by atoms with E-state index in [0.29, 0.717) is 18.7 Å². The van der Waals surface area contributed by atoms with Gasteiger partial charge in [0.05, 0.1) is 0 Å². The molecule has 94 valence electrons. The van der Waals surface area contributed by atoms with Crippen molar-refractivity contribution in [3.63, 3.8) is 0 Å². The summed E-state index contributed by atoms with van der Waals surface area (Å²) in [6, 6.07) is 7.51. The van der Waals surface area contributed by atoms with Crippen molar-refractivity contribution in [1.29, 1.82) is 0 Å². The van der Waals surface area contributed by atoms with E-state index in [1.165, 1.54) is 0 Å². The molecule has 0 spiro atoms. The monoisotopic (exact) mass is 254 g/mol. The zero-order valence-corrected chi connectivity index (χ0v) is 10.8. The number of nitrogens with one attached hydrogen (secondary N) is 1. The summed E-state index contributed by atoms with van der Waals surface area (Å²) in [5.41, 5.74) is 7.13. The molecular formula is C12H18N2O2S. The third-order valence-electron chi connectivity index (χ3n) is 2.17. The number of nitrogens with two attached hydrogens (primary N) is 1. The van der Waals surface area contributed by atoms with Crippen LogP contribution in [0.1, 0.15) is 12.0 Å². The van der Waals surface area contributed by atoms with Crippen LogP contribution >= 0.6 is 0 Å². The molecule has 3 N–H and O–H groups in total. The minimum absolute atomic E-state index is 0.0357. The first-order valence-electron chi connectivity index (χ1n) is 5.53. The fraction of sp³-hybridized carbons (Fsp3) is 0.417. The van der Waals surface area contributed by atoms with Gasteiger partial charge >= 0.3 is 0 Å². The van der Waals surface area contributed by atoms with Crippen molar-refractivity contribution >= 4 is 22.4 Å². The molecule has 1 aromatic carbocycles. The second kappa shape index (κ2) is 7.19. The lowest BCUT2D eigenvalue weighted by molar-refractivity contribution is -0.113. The number of carbonyl (C=O) groups is 1. The minimum atomic E-state index is -1.12. The number of carbonyl (C=O) groups excluding carboxylic acids is 1. The first kappa shape index (κ1) is 13.9. The molecule has 1 rings (SSSR count). The quantitative estimate of drug-likeness (QED) is 0.796. The molecule has 1 aromatic rings. The van der Waals surface area contributed by atoms with Gasteiger partial charge in [0, 0.05) is 22.2 Å². The topological polar surface area (TPSA) is 72.2 Å². The minimum Gasteiger partial charge on any atom is -0.330 e. The molecule has 4 nitrogen and oxygen atoms in total. The molecule has 1 atom stereocenters. The van der Waals surface area contributed by atoms with Crippen molar-refractivity contribution in [3.05, 3.63) is 29.8 Å². The molecule has 1 amide bonds. The van der Waals surface area contributed by atoms with Crippen LogP contribution in [-0.4, -0.2) is 28.2 Å². The first-order valence-corrected chi connectivity index (χ1v) is 7.02. The Balaban J connectivity index is 2.42. The lowest BCUT2D eigenvalue weighted by Gasteiger charge is -2.05. The number of amides is 1. The highest BCUT2D eigenvalue weighted by atomic mass is 32.2. The smallest absolute Gasteiger partial charge is 0.236 e. The standard InChI is InChI=1S/C12H18N2O2S/c1-10-4-2-5-11(8-10)14-12(15)9-17(16)7-3-6-13/h2,4-5,8H,3,6-7,9,13H2,1H3,(H,14,15). The molecule has 0 aromatic heterocycles. The average Bonchev–Trinajstić information content (AvgIpc) is 2.26.